The van der Waals surface area contributed by atoms with Crippen LogP contribution in [0.5, 0.6) is 17.2 Å². The predicted octanol–water partition coefficient (Wildman–Crippen LogP) is 2.35. The number of rotatable bonds is 5. The molecule has 2 aromatic rings. The normalized spacial score (nSPS) is 12.0. The molecular weight excluding hydrogens is 246 g/mol. The van der Waals surface area contributed by atoms with Crippen LogP contribution in [0.15, 0.2) is 34.9 Å². The molecule has 0 fully saturated rings. The molecule has 0 radical (unpaired) electrons. The summed E-state index contributed by atoms with van der Waals surface area (Å²) in [5.41, 5.74) is 6.96. The lowest BCUT2D eigenvalue weighted by atomic mass is 10.0. The van der Waals surface area contributed by atoms with Crippen LogP contribution < -0.4 is 19.9 Å². The highest BCUT2D eigenvalue weighted by molar-refractivity contribution is 5.57. The number of hydrogen-bond acceptors (Lipinski definition) is 5. The van der Waals surface area contributed by atoms with E-state index in [0.29, 0.717) is 23.0 Å². The minimum atomic E-state index is -0.426. The van der Waals surface area contributed by atoms with Crippen LogP contribution in [0.2, 0.25) is 0 Å². The molecule has 0 aliphatic heterocycles. The average Bonchev–Trinajstić information content (AvgIpc) is 2.98. The fourth-order valence-corrected chi connectivity index (χ4v) is 1.99. The Bertz CT molecular complexity index is 537. The van der Waals surface area contributed by atoms with Crippen LogP contribution in [0.3, 0.4) is 0 Å². The maximum Gasteiger partial charge on any atom is 0.203 e. The van der Waals surface area contributed by atoms with Gasteiger partial charge in [0.25, 0.3) is 0 Å². The van der Waals surface area contributed by atoms with E-state index in [1.807, 2.05) is 12.1 Å². The quantitative estimate of drug-likeness (QED) is 0.897. The lowest BCUT2D eigenvalue weighted by Gasteiger charge is -2.18. The summed E-state index contributed by atoms with van der Waals surface area (Å²) in [6, 6.07) is 6.82. The molecule has 5 heteroatoms. The first-order valence-electron chi connectivity index (χ1n) is 5.80. The van der Waals surface area contributed by atoms with E-state index >= 15 is 0 Å². The van der Waals surface area contributed by atoms with Gasteiger partial charge in [-0.3, -0.25) is 0 Å². The summed E-state index contributed by atoms with van der Waals surface area (Å²) < 4.78 is 21.3. The molecule has 5 nitrogen and oxygen atoms in total. The molecule has 1 aromatic heterocycles. The van der Waals surface area contributed by atoms with Gasteiger partial charge >= 0.3 is 0 Å². The lowest BCUT2D eigenvalue weighted by molar-refractivity contribution is 0.320. The van der Waals surface area contributed by atoms with Crippen molar-refractivity contribution in [3.05, 3.63) is 41.9 Å². The monoisotopic (exact) mass is 263 g/mol. The second-order valence-electron chi connectivity index (χ2n) is 3.92. The Labute approximate surface area is 111 Å². The van der Waals surface area contributed by atoms with Crippen LogP contribution in [-0.2, 0) is 0 Å². The van der Waals surface area contributed by atoms with E-state index in [1.165, 1.54) is 0 Å². The molecule has 0 amide bonds. The SMILES string of the molecule is COc1ccc(C(N)c2ccco2)c(OC)c1OC. The van der Waals surface area contributed by atoms with Crippen molar-refractivity contribution in [1.82, 2.24) is 0 Å². The van der Waals surface area contributed by atoms with Crippen molar-refractivity contribution in [3.8, 4) is 17.2 Å². The Hall–Kier alpha value is -2.14. The molecule has 0 bridgehead atoms. The molecule has 19 heavy (non-hydrogen) atoms. The zero-order valence-corrected chi connectivity index (χ0v) is 11.2. The smallest absolute Gasteiger partial charge is 0.203 e. The van der Waals surface area contributed by atoms with Gasteiger partial charge in [-0.15, -0.1) is 0 Å². The molecule has 102 valence electrons. The number of ether oxygens (including phenoxy) is 3. The summed E-state index contributed by atoms with van der Waals surface area (Å²) in [4.78, 5) is 0. The van der Waals surface area contributed by atoms with Crippen LogP contribution in [0.25, 0.3) is 0 Å². The van der Waals surface area contributed by atoms with Gasteiger partial charge in [0.1, 0.15) is 5.76 Å². The van der Waals surface area contributed by atoms with Gasteiger partial charge in [0.15, 0.2) is 11.5 Å². The molecule has 2 rings (SSSR count). The summed E-state index contributed by atoms with van der Waals surface area (Å²) in [6.07, 6.45) is 1.59. The Morgan fingerprint density at radius 1 is 1.00 bits per heavy atom. The highest BCUT2D eigenvalue weighted by atomic mass is 16.5. The zero-order chi connectivity index (χ0) is 13.8. The summed E-state index contributed by atoms with van der Waals surface area (Å²) in [7, 11) is 4.70. The van der Waals surface area contributed by atoms with Gasteiger partial charge in [0, 0.05) is 5.56 Å². The molecule has 0 spiro atoms. The fraction of sp³-hybridized carbons (Fsp3) is 0.286. The minimum absolute atomic E-state index is 0.426. The van der Waals surface area contributed by atoms with E-state index in [1.54, 1.807) is 39.7 Å². The zero-order valence-electron chi connectivity index (χ0n) is 11.2. The first kappa shape index (κ1) is 13.3. The van der Waals surface area contributed by atoms with Crippen molar-refractivity contribution >= 4 is 0 Å². The van der Waals surface area contributed by atoms with Gasteiger partial charge in [0.2, 0.25) is 5.75 Å². The first-order valence-corrected chi connectivity index (χ1v) is 5.80. The average molecular weight is 263 g/mol. The summed E-state index contributed by atoms with van der Waals surface area (Å²) in [6.45, 7) is 0. The number of nitrogens with two attached hydrogens (primary N) is 1. The van der Waals surface area contributed by atoms with E-state index < -0.39 is 6.04 Å². The molecule has 2 N–H and O–H groups in total. The van der Waals surface area contributed by atoms with Crippen LogP contribution in [0.4, 0.5) is 0 Å². The second-order valence-corrected chi connectivity index (χ2v) is 3.92. The van der Waals surface area contributed by atoms with Gasteiger partial charge in [-0.25, -0.2) is 0 Å². The fourth-order valence-electron chi connectivity index (χ4n) is 1.99. The van der Waals surface area contributed by atoms with E-state index in [9.17, 15) is 0 Å². The largest absolute Gasteiger partial charge is 0.493 e. The summed E-state index contributed by atoms with van der Waals surface area (Å²) >= 11 is 0. The molecule has 0 saturated heterocycles. The minimum Gasteiger partial charge on any atom is -0.493 e. The predicted molar refractivity (Wildman–Crippen MR) is 70.8 cm³/mol. The van der Waals surface area contributed by atoms with Crippen LogP contribution >= 0.6 is 0 Å². The molecule has 1 heterocycles. The van der Waals surface area contributed by atoms with Gasteiger partial charge < -0.3 is 24.4 Å². The highest BCUT2D eigenvalue weighted by Crippen LogP contribution is 2.42. The van der Waals surface area contributed by atoms with E-state index in [-0.39, 0.29) is 0 Å². The Morgan fingerprint density at radius 2 is 1.74 bits per heavy atom. The molecule has 0 aliphatic rings. The number of furan rings is 1. The standard InChI is InChI=1S/C14H17NO4/c1-16-11-7-6-9(13(17-2)14(11)18-3)12(15)10-5-4-8-19-10/h4-8,12H,15H2,1-3H3. The van der Waals surface area contributed by atoms with Crippen LogP contribution in [-0.4, -0.2) is 21.3 Å². The van der Waals surface area contributed by atoms with Crippen LogP contribution in [0.1, 0.15) is 17.4 Å². The van der Waals surface area contributed by atoms with Crippen LogP contribution in [0, 0.1) is 0 Å². The van der Waals surface area contributed by atoms with E-state index in [4.69, 9.17) is 24.4 Å². The summed E-state index contributed by atoms with van der Waals surface area (Å²) in [5.74, 6) is 2.32. The number of methoxy groups -OCH3 is 3. The third-order valence-corrected chi connectivity index (χ3v) is 2.92. The molecular formula is C14H17NO4. The maximum absolute atomic E-state index is 6.18. The molecule has 1 aromatic carbocycles. The molecule has 1 atom stereocenters. The lowest BCUT2D eigenvalue weighted by Crippen LogP contribution is -2.13. The van der Waals surface area contributed by atoms with Crippen molar-refractivity contribution in [2.75, 3.05) is 21.3 Å². The van der Waals surface area contributed by atoms with Crippen molar-refractivity contribution in [2.45, 2.75) is 6.04 Å². The Balaban J connectivity index is 2.51. The third-order valence-electron chi connectivity index (χ3n) is 2.92. The van der Waals surface area contributed by atoms with Crippen molar-refractivity contribution in [1.29, 1.82) is 0 Å². The second kappa shape index (κ2) is 5.67. The van der Waals surface area contributed by atoms with Gasteiger partial charge in [-0.1, -0.05) is 0 Å². The highest BCUT2D eigenvalue weighted by Gasteiger charge is 2.22. The number of hydrogen-bond donors (Lipinski definition) is 1. The molecule has 0 aliphatic carbocycles. The van der Waals surface area contributed by atoms with Gasteiger partial charge in [-0.05, 0) is 24.3 Å². The first-order chi connectivity index (χ1) is 9.22. The van der Waals surface area contributed by atoms with Gasteiger partial charge in [0.05, 0.1) is 33.6 Å². The topological polar surface area (TPSA) is 66.9 Å². The summed E-state index contributed by atoms with van der Waals surface area (Å²) in [5, 5.41) is 0. The maximum atomic E-state index is 6.18. The Kier molecular flexibility index (Phi) is 3.97. The van der Waals surface area contributed by atoms with Gasteiger partial charge in [-0.2, -0.15) is 0 Å². The van der Waals surface area contributed by atoms with Crippen molar-refractivity contribution < 1.29 is 18.6 Å². The van der Waals surface area contributed by atoms with Crippen molar-refractivity contribution in [2.24, 2.45) is 5.73 Å². The van der Waals surface area contributed by atoms with Crippen molar-refractivity contribution in [3.63, 3.8) is 0 Å². The molecule has 1 unspecified atom stereocenters. The number of benzene rings is 1. The Morgan fingerprint density at radius 3 is 2.26 bits per heavy atom. The third kappa shape index (κ3) is 2.37. The molecule has 0 saturated carbocycles. The van der Waals surface area contributed by atoms with E-state index in [0.717, 1.165) is 5.56 Å². The van der Waals surface area contributed by atoms with E-state index in [2.05, 4.69) is 0 Å².